The van der Waals surface area contributed by atoms with E-state index < -0.39 is 37.9 Å². The molecule has 20 heavy (non-hydrogen) atoms. The predicted molar refractivity (Wildman–Crippen MR) is 68.2 cm³/mol. The molecule has 0 fully saturated rings. The number of carbonyl (C=O) groups excluding carboxylic acids is 1. The van der Waals surface area contributed by atoms with Crippen LogP contribution in [0.1, 0.15) is 10.4 Å². The predicted octanol–water partition coefficient (Wildman–Crippen LogP) is 0.0129. The van der Waals surface area contributed by atoms with Gasteiger partial charge in [0, 0.05) is 19.2 Å². The lowest BCUT2D eigenvalue weighted by Crippen LogP contribution is -2.34. The molecule has 0 aliphatic heterocycles. The summed E-state index contributed by atoms with van der Waals surface area (Å²) in [6, 6.07) is 2.51. The Labute approximate surface area is 114 Å². The number of nitrogens with zero attached hydrogens (tertiary/aromatic N) is 1. The summed E-state index contributed by atoms with van der Waals surface area (Å²) in [5, 5.41) is 13.0. The number of nitro benzene ring substituents is 1. The smallest absolute Gasteiger partial charge is 0.282 e. The van der Waals surface area contributed by atoms with Gasteiger partial charge in [0.2, 0.25) is 10.0 Å². The Morgan fingerprint density at radius 2 is 2.05 bits per heavy atom. The Bertz CT molecular complexity index is 632. The number of nitrogens with one attached hydrogen (secondary N) is 2. The maximum Gasteiger partial charge on any atom is 0.282 e. The topological polar surface area (TPSA) is 118 Å². The number of hydrogen-bond donors (Lipinski definition) is 2. The van der Waals surface area contributed by atoms with E-state index in [4.69, 9.17) is 0 Å². The van der Waals surface area contributed by atoms with Gasteiger partial charge in [-0.15, -0.1) is 0 Å². The van der Waals surface area contributed by atoms with E-state index in [1.165, 1.54) is 0 Å². The van der Waals surface area contributed by atoms with Gasteiger partial charge in [-0.3, -0.25) is 14.9 Å². The fourth-order valence-electron chi connectivity index (χ4n) is 1.36. The number of amides is 1. The Kier molecular flexibility index (Phi) is 5.11. The highest BCUT2D eigenvalue weighted by Gasteiger charge is 2.20. The van der Waals surface area contributed by atoms with Crippen LogP contribution in [0.15, 0.2) is 18.2 Å². The van der Waals surface area contributed by atoms with E-state index in [0.29, 0.717) is 0 Å². The Hall–Kier alpha value is -2.07. The van der Waals surface area contributed by atoms with Crippen LogP contribution in [0.2, 0.25) is 0 Å². The first-order valence-corrected chi connectivity index (χ1v) is 7.26. The Morgan fingerprint density at radius 1 is 1.40 bits per heavy atom. The third-order valence-electron chi connectivity index (χ3n) is 2.17. The molecule has 1 aromatic carbocycles. The normalized spacial score (nSPS) is 11.1. The van der Waals surface area contributed by atoms with Crippen LogP contribution in [0.4, 0.5) is 10.1 Å². The maximum atomic E-state index is 13.0. The summed E-state index contributed by atoms with van der Waals surface area (Å²) < 4.78 is 36.7. The fourth-order valence-corrected chi connectivity index (χ4v) is 1.83. The quantitative estimate of drug-likeness (QED) is 0.436. The van der Waals surface area contributed by atoms with Crippen LogP contribution in [0.3, 0.4) is 0 Å². The molecule has 0 aromatic heterocycles. The molecule has 0 spiro atoms. The first-order valence-electron chi connectivity index (χ1n) is 5.37. The number of carbonyl (C=O) groups is 1. The fraction of sp³-hybridized carbons (Fsp3) is 0.300. The molecule has 2 N–H and O–H groups in total. The minimum absolute atomic E-state index is 0.0757. The molecule has 10 heteroatoms. The first kappa shape index (κ1) is 16.0. The molecule has 1 aromatic rings. The highest BCUT2D eigenvalue weighted by Crippen LogP contribution is 2.19. The molecule has 0 atom stereocenters. The van der Waals surface area contributed by atoms with Crippen molar-refractivity contribution in [3.05, 3.63) is 39.7 Å². The second-order valence-corrected chi connectivity index (χ2v) is 5.67. The molecule has 0 saturated heterocycles. The minimum atomic E-state index is -3.38. The highest BCUT2D eigenvalue weighted by atomic mass is 32.2. The molecule has 0 unspecified atom stereocenters. The van der Waals surface area contributed by atoms with Crippen molar-refractivity contribution < 1.29 is 22.5 Å². The van der Waals surface area contributed by atoms with E-state index in [0.717, 1.165) is 24.5 Å². The first-order chi connectivity index (χ1) is 9.20. The lowest BCUT2D eigenvalue weighted by molar-refractivity contribution is -0.385. The van der Waals surface area contributed by atoms with Gasteiger partial charge >= 0.3 is 0 Å². The largest absolute Gasteiger partial charge is 0.350 e. The summed E-state index contributed by atoms with van der Waals surface area (Å²) in [5.74, 6) is -1.64. The molecule has 0 saturated carbocycles. The summed E-state index contributed by atoms with van der Waals surface area (Å²) in [5.41, 5.74) is -0.950. The maximum absolute atomic E-state index is 13.0. The van der Waals surface area contributed by atoms with E-state index in [1.807, 2.05) is 0 Å². The number of sulfonamides is 1. The summed E-state index contributed by atoms with van der Waals surface area (Å²) in [7, 11) is -3.38. The second-order valence-electron chi connectivity index (χ2n) is 3.84. The molecule has 0 radical (unpaired) electrons. The van der Waals surface area contributed by atoms with Crippen molar-refractivity contribution in [1.29, 1.82) is 0 Å². The van der Waals surface area contributed by atoms with Gasteiger partial charge in [-0.05, 0) is 12.1 Å². The monoisotopic (exact) mass is 305 g/mol. The highest BCUT2D eigenvalue weighted by molar-refractivity contribution is 7.88. The van der Waals surface area contributed by atoms with Crippen molar-refractivity contribution in [2.75, 3.05) is 19.3 Å². The number of hydrogen-bond acceptors (Lipinski definition) is 5. The van der Waals surface area contributed by atoms with Crippen LogP contribution in [-0.4, -0.2) is 38.6 Å². The third-order valence-corrected chi connectivity index (χ3v) is 2.90. The SMILES string of the molecule is CS(=O)(=O)NCCNC(=O)c1cc(F)ccc1[N+](=O)[O-]. The summed E-state index contributed by atoms with van der Waals surface area (Å²) in [6.45, 7) is -0.159. The van der Waals surface area contributed by atoms with E-state index in [2.05, 4.69) is 10.0 Å². The molecule has 1 amide bonds. The van der Waals surface area contributed by atoms with Crippen molar-refractivity contribution in [3.63, 3.8) is 0 Å². The van der Waals surface area contributed by atoms with Gasteiger partial charge in [0.1, 0.15) is 11.4 Å². The standard InChI is InChI=1S/C10H12FN3O5S/c1-20(18,19)13-5-4-12-10(15)8-6-7(11)2-3-9(8)14(16)17/h2-3,6,13H,4-5H2,1H3,(H,12,15). The molecule has 0 heterocycles. The van der Waals surface area contributed by atoms with E-state index >= 15 is 0 Å². The van der Waals surface area contributed by atoms with Crippen LogP contribution < -0.4 is 10.0 Å². The molecule has 0 aliphatic carbocycles. The Morgan fingerprint density at radius 3 is 2.60 bits per heavy atom. The third kappa shape index (κ3) is 4.90. The van der Waals surface area contributed by atoms with E-state index in [-0.39, 0.29) is 13.1 Å². The van der Waals surface area contributed by atoms with Gasteiger partial charge < -0.3 is 5.32 Å². The van der Waals surface area contributed by atoms with Crippen LogP contribution in [0.25, 0.3) is 0 Å². The Balaban J connectivity index is 2.72. The molecule has 8 nitrogen and oxygen atoms in total. The van der Waals surface area contributed by atoms with Gasteiger partial charge in [0.15, 0.2) is 0 Å². The van der Waals surface area contributed by atoms with Crippen molar-refractivity contribution in [3.8, 4) is 0 Å². The van der Waals surface area contributed by atoms with Crippen molar-refractivity contribution in [2.24, 2.45) is 0 Å². The zero-order valence-electron chi connectivity index (χ0n) is 10.4. The average molecular weight is 305 g/mol. The lowest BCUT2D eigenvalue weighted by atomic mass is 10.1. The van der Waals surface area contributed by atoms with Crippen LogP contribution in [-0.2, 0) is 10.0 Å². The summed E-state index contributed by atoms with van der Waals surface area (Å²) in [4.78, 5) is 21.6. The number of rotatable bonds is 6. The molecule has 1 rings (SSSR count). The van der Waals surface area contributed by atoms with Gasteiger partial charge in [-0.2, -0.15) is 0 Å². The van der Waals surface area contributed by atoms with Gasteiger partial charge in [0.05, 0.1) is 11.2 Å². The van der Waals surface area contributed by atoms with Crippen LogP contribution in [0, 0.1) is 15.9 Å². The lowest BCUT2D eigenvalue weighted by Gasteiger charge is -2.06. The molecular formula is C10H12FN3O5S. The zero-order valence-corrected chi connectivity index (χ0v) is 11.2. The van der Waals surface area contributed by atoms with Gasteiger partial charge in [-0.25, -0.2) is 17.5 Å². The zero-order chi connectivity index (χ0) is 15.3. The van der Waals surface area contributed by atoms with Crippen LogP contribution >= 0.6 is 0 Å². The number of halogens is 1. The van der Waals surface area contributed by atoms with E-state index in [9.17, 15) is 27.7 Å². The van der Waals surface area contributed by atoms with Crippen molar-refractivity contribution >= 4 is 21.6 Å². The number of nitro groups is 1. The molecule has 0 bridgehead atoms. The van der Waals surface area contributed by atoms with Crippen LogP contribution in [0.5, 0.6) is 0 Å². The molecule has 0 aliphatic rings. The average Bonchev–Trinajstić information content (AvgIpc) is 2.32. The summed E-state index contributed by atoms with van der Waals surface area (Å²) >= 11 is 0. The number of benzene rings is 1. The second kappa shape index (κ2) is 6.39. The minimum Gasteiger partial charge on any atom is -0.350 e. The van der Waals surface area contributed by atoms with E-state index in [1.54, 1.807) is 0 Å². The van der Waals surface area contributed by atoms with Crippen molar-refractivity contribution in [2.45, 2.75) is 0 Å². The molecular weight excluding hydrogens is 293 g/mol. The molecule has 110 valence electrons. The summed E-state index contributed by atoms with van der Waals surface area (Å²) in [6.07, 6.45) is 0.951. The van der Waals surface area contributed by atoms with Crippen molar-refractivity contribution in [1.82, 2.24) is 10.0 Å². The van der Waals surface area contributed by atoms with Gasteiger partial charge in [0.25, 0.3) is 11.6 Å². The van der Waals surface area contributed by atoms with Gasteiger partial charge in [-0.1, -0.05) is 0 Å².